The lowest BCUT2D eigenvalue weighted by Crippen LogP contribution is -2.23. The Morgan fingerprint density at radius 3 is 2.55 bits per heavy atom. The third-order valence-electron chi connectivity index (χ3n) is 3.52. The van der Waals surface area contributed by atoms with Crippen molar-refractivity contribution < 1.29 is 9.50 Å². The zero-order valence-corrected chi connectivity index (χ0v) is 12.6. The molecule has 1 N–H and O–H groups in total. The smallest absolute Gasteiger partial charge is 0.128 e. The monoisotopic (exact) mass is 315 g/mol. The molecule has 1 aliphatic heterocycles. The van der Waals surface area contributed by atoms with Crippen LogP contribution in [0.4, 0.5) is 4.39 Å². The first kappa shape index (κ1) is 14.7. The number of allylic oxidation sites excluding steroid dienone is 2. The van der Waals surface area contributed by atoms with Gasteiger partial charge in [0.05, 0.1) is 6.54 Å². The van der Waals surface area contributed by atoms with Gasteiger partial charge >= 0.3 is 0 Å². The van der Waals surface area contributed by atoms with Crippen LogP contribution >= 0.6 is 11.6 Å². The number of halogens is 2. The van der Waals surface area contributed by atoms with Crippen LogP contribution in [0.3, 0.4) is 0 Å². The molecule has 1 aliphatic rings. The van der Waals surface area contributed by atoms with Gasteiger partial charge in [0, 0.05) is 28.9 Å². The minimum absolute atomic E-state index is 0.238. The Labute approximate surface area is 133 Å². The highest BCUT2D eigenvalue weighted by molar-refractivity contribution is 6.30. The molecule has 0 aromatic heterocycles. The van der Waals surface area contributed by atoms with Gasteiger partial charge in [-0.05, 0) is 29.8 Å². The number of aliphatic hydroxyl groups is 1. The summed E-state index contributed by atoms with van der Waals surface area (Å²) in [5.41, 5.74) is 2.43. The minimum Gasteiger partial charge on any atom is -0.510 e. The summed E-state index contributed by atoms with van der Waals surface area (Å²) in [6.45, 7) is 0.771. The summed E-state index contributed by atoms with van der Waals surface area (Å²) < 4.78 is 13.8. The van der Waals surface area contributed by atoms with Crippen molar-refractivity contribution in [1.29, 1.82) is 0 Å². The van der Waals surface area contributed by atoms with E-state index in [2.05, 4.69) is 0 Å². The number of nitrogens with zero attached hydrogens (tertiary/aromatic N) is 1. The van der Waals surface area contributed by atoms with Crippen molar-refractivity contribution in [2.24, 2.45) is 0 Å². The van der Waals surface area contributed by atoms with E-state index in [0.29, 0.717) is 23.7 Å². The first-order valence-corrected chi connectivity index (χ1v) is 7.34. The van der Waals surface area contributed by atoms with E-state index in [1.807, 2.05) is 29.3 Å². The fourth-order valence-corrected chi connectivity index (χ4v) is 2.59. The third-order valence-corrected chi connectivity index (χ3v) is 3.77. The van der Waals surface area contributed by atoms with Gasteiger partial charge in [-0.25, -0.2) is 4.39 Å². The van der Waals surface area contributed by atoms with Crippen LogP contribution in [0, 0.1) is 5.82 Å². The molecule has 0 atom stereocenters. The second-order valence-corrected chi connectivity index (χ2v) is 5.66. The number of benzene rings is 2. The van der Waals surface area contributed by atoms with E-state index >= 15 is 0 Å². The minimum atomic E-state index is -0.238. The quantitative estimate of drug-likeness (QED) is 0.881. The molecule has 3 rings (SSSR count). The fourth-order valence-electron chi connectivity index (χ4n) is 2.46. The maximum atomic E-state index is 13.8. The van der Waals surface area contributed by atoms with Crippen molar-refractivity contribution in [3.63, 3.8) is 0 Å². The third kappa shape index (κ3) is 3.31. The molecule has 0 fully saturated rings. The summed E-state index contributed by atoms with van der Waals surface area (Å²) >= 11 is 5.90. The molecule has 2 aromatic carbocycles. The topological polar surface area (TPSA) is 23.5 Å². The standard InChI is InChI=1S/C18H15ClFNO/c19-16-7-5-13(6-8-16)15-9-17(22)12-21(11-15)10-14-3-1-2-4-18(14)20/h1-9,11,22H,10,12H2. The lowest BCUT2D eigenvalue weighted by molar-refractivity contribution is 0.301. The van der Waals surface area contributed by atoms with Gasteiger partial charge in [-0.2, -0.15) is 0 Å². The van der Waals surface area contributed by atoms with E-state index in [-0.39, 0.29) is 11.6 Å². The highest BCUT2D eigenvalue weighted by Crippen LogP contribution is 2.25. The van der Waals surface area contributed by atoms with Crippen LogP contribution in [-0.4, -0.2) is 16.6 Å². The van der Waals surface area contributed by atoms with Crippen LogP contribution in [0.15, 0.2) is 66.6 Å². The van der Waals surface area contributed by atoms with Crippen LogP contribution in [0.1, 0.15) is 11.1 Å². The summed E-state index contributed by atoms with van der Waals surface area (Å²) in [6.07, 6.45) is 3.65. The highest BCUT2D eigenvalue weighted by atomic mass is 35.5. The zero-order valence-electron chi connectivity index (χ0n) is 11.8. The molecule has 0 saturated heterocycles. The average Bonchev–Trinajstić information content (AvgIpc) is 2.50. The maximum absolute atomic E-state index is 13.8. The summed E-state index contributed by atoms with van der Waals surface area (Å²) in [5, 5.41) is 10.6. The van der Waals surface area contributed by atoms with Crippen molar-refractivity contribution in [2.75, 3.05) is 6.54 Å². The van der Waals surface area contributed by atoms with Gasteiger partial charge in [-0.15, -0.1) is 0 Å². The molecule has 2 aromatic rings. The Hall–Kier alpha value is -2.26. The number of rotatable bonds is 3. The first-order chi connectivity index (χ1) is 10.6. The predicted octanol–water partition coefficient (Wildman–Crippen LogP) is 4.78. The Morgan fingerprint density at radius 1 is 1.09 bits per heavy atom. The molecular weight excluding hydrogens is 301 g/mol. The van der Waals surface area contributed by atoms with Gasteiger partial charge in [-0.1, -0.05) is 41.9 Å². The lowest BCUT2D eigenvalue weighted by Gasteiger charge is -2.25. The van der Waals surface area contributed by atoms with Crippen LogP contribution in [0.25, 0.3) is 5.57 Å². The Balaban J connectivity index is 1.86. The first-order valence-electron chi connectivity index (χ1n) is 6.96. The van der Waals surface area contributed by atoms with Crippen molar-refractivity contribution in [1.82, 2.24) is 4.90 Å². The molecule has 4 heteroatoms. The molecule has 0 saturated carbocycles. The van der Waals surface area contributed by atoms with Crippen LogP contribution in [0.5, 0.6) is 0 Å². The van der Waals surface area contributed by atoms with E-state index in [0.717, 1.165) is 11.1 Å². The second-order valence-electron chi connectivity index (χ2n) is 5.22. The molecule has 0 radical (unpaired) electrons. The van der Waals surface area contributed by atoms with Crippen molar-refractivity contribution in [3.8, 4) is 0 Å². The molecule has 0 bridgehead atoms. The Bertz CT molecular complexity index is 737. The number of hydrogen-bond acceptors (Lipinski definition) is 2. The van der Waals surface area contributed by atoms with Gasteiger partial charge in [0.2, 0.25) is 0 Å². The molecule has 0 unspecified atom stereocenters. The van der Waals surface area contributed by atoms with Gasteiger partial charge in [0.1, 0.15) is 11.6 Å². The summed E-state index contributed by atoms with van der Waals surface area (Å²) in [4.78, 5) is 1.89. The molecule has 0 aliphatic carbocycles. The second kappa shape index (κ2) is 6.24. The van der Waals surface area contributed by atoms with Crippen molar-refractivity contribution >= 4 is 17.2 Å². The van der Waals surface area contributed by atoms with Gasteiger partial charge in [0.25, 0.3) is 0 Å². The lowest BCUT2D eigenvalue weighted by atomic mass is 10.0. The van der Waals surface area contributed by atoms with E-state index in [9.17, 15) is 9.50 Å². The molecule has 0 amide bonds. The normalized spacial score (nSPS) is 14.5. The summed E-state index contributed by atoms with van der Waals surface area (Å²) in [5.74, 6) is 0.0155. The molecule has 22 heavy (non-hydrogen) atoms. The average molecular weight is 316 g/mol. The van der Waals surface area contributed by atoms with Gasteiger partial charge in [-0.3, -0.25) is 0 Å². The van der Waals surface area contributed by atoms with Crippen LogP contribution in [-0.2, 0) is 6.54 Å². The predicted molar refractivity (Wildman–Crippen MR) is 87.0 cm³/mol. The summed E-state index contributed by atoms with van der Waals surface area (Å²) in [7, 11) is 0. The largest absolute Gasteiger partial charge is 0.510 e. The van der Waals surface area contributed by atoms with Crippen molar-refractivity contribution in [3.05, 3.63) is 88.5 Å². The van der Waals surface area contributed by atoms with Crippen LogP contribution in [0.2, 0.25) is 5.02 Å². The zero-order chi connectivity index (χ0) is 15.5. The van der Waals surface area contributed by atoms with Crippen LogP contribution < -0.4 is 0 Å². The van der Waals surface area contributed by atoms with E-state index < -0.39 is 0 Å². The number of aliphatic hydroxyl groups excluding tert-OH is 1. The SMILES string of the molecule is OC1=CC(c2ccc(Cl)cc2)=CN(Cc2ccccc2F)C1. The Morgan fingerprint density at radius 2 is 1.82 bits per heavy atom. The van der Waals surface area contributed by atoms with Gasteiger partial charge < -0.3 is 10.0 Å². The van der Waals surface area contributed by atoms with E-state index in [1.165, 1.54) is 6.07 Å². The Kier molecular flexibility index (Phi) is 4.16. The number of hydrogen-bond donors (Lipinski definition) is 1. The van der Waals surface area contributed by atoms with E-state index in [1.54, 1.807) is 30.3 Å². The van der Waals surface area contributed by atoms with E-state index in [4.69, 9.17) is 11.6 Å². The molecular formula is C18H15ClFNO. The molecule has 1 heterocycles. The molecule has 2 nitrogen and oxygen atoms in total. The molecule has 0 spiro atoms. The van der Waals surface area contributed by atoms with Gasteiger partial charge in [0.15, 0.2) is 0 Å². The summed E-state index contributed by atoms with van der Waals surface area (Å²) in [6, 6.07) is 14.1. The molecule has 112 valence electrons. The van der Waals surface area contributed by atoms with Crippen molar-refractivity contribution in [2.45, 2.75) is 6.54 Å². The fraction of sp³-hybridized carbons (Fsp3) is 0.111. The maximum Gasteiger partial charge on any atom is 0.128 e. The highest BCUT2D eigenvalue weighted by Gasteiger charge is 2.14.